The molecule has 0 bridgehead atoms. The summed E-state index contributed by atoms with van der Waals surface area (Å²) in [6, 6.07) is 12.9. The highest BCUT2D eigenvalue weighted by Gasteiger charge is 2.21. The Kier molecular flexibility index (Phi) is 8.50. The number of imidazole rings is 1. The molecule has 5 nitrogen and oxygen atoms in total. The number of hydrogen-bond donors (Lipinski definition) is 2. The molecule has 0 saturated heterocycles. The van der Waals surface area contributed by atoms with Crippen molar-refractivity contribution in [2.45, 2.75) is 32.4 Å². The predicted molar refractivity (Wildman–Crippen MR) is 129 cm³/mol. The molecule has 0 spiro atoms. The summed E-state index contributed by atoms with van der Waals surface area (Å²) in [5.41, 5.74) is 2.55. The van der Waals surface area contributed by atoms with E-state index < -0.39 is 0 Å². The molecule has 1 aromatic carbocycles. The number of nitrogens with zero attached hydrogens (tertiary/aromatic N) is 3. The summed E-state index contributed by atoms with van der Waals surface area (Å²) in [7, 11) is 1.81. The number of thiophene rings is 1. The molecule has 0 aliphatic heterocycles. The first kappa shape index (κ1) is 22.4. The fourth-order valence-corrected chi connectivity index (χ4v) is 3.74. The van der Waals surface area contributed by atoms with E-state index in [4.69, 9.17) is 0 Å². The summed E-state index contributed by atoms with van der Waals surface area (Å²) in [5.74, 6) is 0.819. The Balaban J connectivity index is 0.00000280. The first-order valence-electron chi connectivity index (χ1n) is 9.09. The molecule has 0 fully saturated rings. The number of guanidine groups is 1. The van der Waals surface area contributed by atoms with Gasteiger partial charge in [-0.25, -0.2) is 4.98 Å². The number of nitrogens with one attached hydrogen (secondary N) is 2. The van der Waals surface area contributed by atoms with Gasteiger partial charge in [0.2, 0.25) is 0 Å². The molecule has 7 heteroatoms. The lowest BCUT2D eigenvalue weighted by atomic mass is 9.91. The second kappa shape index (κ2) is 10.6. The molecular formula is C21H28IN5S. The normalized spacial score (nSPS) is 11.8. The Morgan fingerprint density at radius 1 is 1.18 bits per heavy atom. The van der Waals surface area contributed by atoms with Gasteiger partial charge in [0.05, 0.1) is 6.33 Å². The lowest BCUT2D eigenvalue weighted by molar-refractivity contribution is 0.518. The van der Waals surface area contributed by atoms with Gasteiger partial charge in [-0.05, 0) is 22.6 Å². The van der Waals surface area contributed by atoms with Crippen LogP contribution in [0.15, 0.2) is 65.5 Å². The Morgan fingerprint density at radius 3 is 2.68 bits per heavy atom. The van der Waals surface area contributed by atoms with Gasteiger partial charge in [0, 0.05) is 49.4 Å². The number of hydrogen-bond acceptors (Lipinski definition) is 3. The minimum atomic E-state index is 0. The quantitative estimate of drug-likeness (QED) is 0.285. The number of aromatic nitrogens is 2. The van der Waals surface area contributed by atoms with Crippen LogP contribution in [0.5, 0.6) is 0 Å². The van der Waals surface area contributed by atoms with Crippen molar-refractivity contribution in [2.24, 2.45) is 4.99 Å². The third kappa shape index (κ3) is 6.34. The van der Waals surface area contributed by atoms with Gasteiger partial charge in [0.25, 0.3) is 0 Å². The van der Waals surface area contributed by atoms with Crippen molar-refractivity contribution in [3.63, 3.8) is 0 Å². The van der Waals surface area contributed by atoms with E-state index in [9.17, 15) is 0 Å². The maximum atomic E-state index is 4.36. The van der Waals surface area contributed by atoms with Gasteiger partial charge in [-0.2, -0.15) is 0 Å². The molecule has 0 atom stereocenters. The first-order valence-corrected chi connectivity index (χ1v) is 9.97. The molecule has 28 heavy (non-hydrogen) atoms. The zero-order chi connectivity index (χ0) is 19.1. The summed E-state index contributed by atoms with van der Waals surface area (Å²) < 4.78 is 2.07. The molecule has 0 unspecified atom stereocenters. The third-order valence-corrected chi connectivity index (χ3v) is 5.72. The van der Waals surface area contributed by atoms with Crippen molar-refractivity contribution >= 4 is 41.3 Å². The standard InChI is InChI=1S/C21H27N5S.HI/c1-21(2,19-8-5-11-27-19)15-25-20(22-3)24-13-17-6-4-7-18(12-17)14-26-10-9-23-16-26;/h4-12,16H,13-15H2,1-3H3,(H2,22,24,25);1H. The second-order valence-corrected chi connectivity index (χ2v) is 8.14. The Morgan fingerprint density at radius 2 is 2.00 bits per heavy atom. The van der Waals surface area contributed by atoms with E-state index in [1.54, 1.807) is 17.5 Å². The smallest absolute Gasteiger partial charge is 0.191 e. The summed E-state index contributed by atoms with van der Waals surface area (Å²) in [4.78, 5) is 9.83. The van der Waals surface area contributed by atoms with Gasteiger partial charge in [-0.15, -0.1) is 35.3 Å². The fraction of sp³-hybridized carbons (Fsp3) is 0.333. The number of benzene rings is 1. The zero-order valence-corrected chi connectivity index (χ0v) is 19.7. The predicted octanol–water partition coefficient (Wildman–Crippen LogP) is 4.25. The third-order valence-electron chi connectivity index (χ3n) is 4.49. The highest BCUT2D eigenvalue weighted by molar-refractivity contribution is 14.0. The van der Waals surface area contributed by atoms with Crippen LogP contribution in [0.25, 0.3) is 0 Å². The summed E-state index contributed by atoms with van der Waals surface area (Å²) >= 11 is 1.80. The average molecular weight is 509 g/mol. The number of aliphatic imine (C=N–C) groups is 1. The van der Waals surface area contributed by atoms with Crippen molar-refractivity contribution in [1.29, 1.82) is 0 Å². The van der Waals surface area contributed by atoms with Gasteiger partial charge in [-0.1, -0.05) is 44.2 Å². The number of halogens is 1. The zero-order valence-electron chi connectivity index (χ0n) is 16.6. The molecule has 2 aromatic heterocycles. The monoisotopic (exact) mass is 509 g/mol. The van der Waals surface area contributed by atoms with Crippen LogP contribution in [-0.2, 0) is 18.5 Å². The van der Waals surface area contributed by atoms with Crippen LogP contribution in [0.4, 0.5) is 0 Å². The van der Waals surface area contributed by atoms with Crippen LogP contribution in [0.2, 0.25) is 0 Å². The van der Waals surface area contributed by atoms with Crippen LogP contribution in [0.3, 0.4) is 0 Å². The molecule has 150 valence electrons. The van der Waals surface area contributed by atoms with Crippen molar-refractivity contribution in [1.82, 2.24) is 20.2 Å². The molecule has 0 amide bonds. The minimum absolute atomic E-state index is 0. The van der Waals surface area contributed by atoms with Gasteiger partial charge >= 0.3 is 0 Å². The van der Waals surface area contributed by atoms with Crippen molar-refractivity contribution in [3.8, 4) is 0 Å². The van der Waals surface area contributed by atoms with Crippen molar-refractivity contribution in [2.75, 3.05) is 13.6 Å². The van der Waals surface area contributed by atoms with Crippen molar-refractivity contribution < 1.29 is 0 Å². The largest absolute Gasteiger partial charge is 0.356 e. The van der Waals surface area contributed by atoms with Gasteiger partial charge in [-0.3, -0.25) is 4.99 Å². The van der Waals surface area contributed by atoms with E-state index in [1.807, 2.05) is 19.6 Å². The van der Waals surface area contributed by atoms with Crippen molar-refractivity contribution in [3.05, 3.63) is 76.5 Å². The van der Waals surface area contributed by atoms with Crippen LogP contribution < -0.4 is 10.6 Å². The first-order chi connectivity index (χ1) is 13.1. The molecule has 0 aliphatic rings. The Bertz CT molecular complexity index is 857. The van der Waals surface area contributed by atoms with Crippen LogP contribution in [0.1, 0.15) is 29.9 Å². The van der Waals surface area contributed by atoms with E-state index in [0.29, 0.717) is 0 Å². The van der Waals surface area contributed by atoms with Crippen LogP contribution in [0, 0.1) is 0 Å². The SMILES string of the molecule is CN=C(NCc1cccc(Cn2ccnc2)c1)NCC(C)(C)c1cccs1.I. The topological polar surface area (TPSA) is 54.2 Å². The molecule has 3 aromatic rings. The van der Waals surface area contributed by atoms with E-state index in [-0.39, 0.29) is 29.4 Å². The van der Waals surface area contributed by atoms with Gasteiger partial charge < -0.3 is 15.2 Å². The van der Waals surface area contributed by atoms with Gasteiger partial charge in [0.15, 0.2) is 5.96 Å². The molecule has 2 N–H and O–H groups in total. The molecule has 0 saturated carbocycles. The highest BCUT2D eigenvalue weighted by atomic mass is 127. The summed E-state index contributed by atoms with van der Waals surface area (Å²) in [5, 5.41) is 8.99. The molecule has 0 radical (unpaired) electrons. The lowest BCUT2D eigenvalue weighted by Gasteiger charge is -2.25. The molecular weight excluding hydrogens is 481 g/mol. The molecule has 3 rings (SSSR count). The highest BCUT2D eigenvalue weighted by Crippen LogP contribution is 2.26. The minimum Gasteiger partial charge on any atom is -0.356 e. The average Bonchev–Trinajstić information content (AvgIpc) is 3.36. The molecule has 0 aliphatic carbocycles. The molecule has 2 heterocycles. The van der Waals surface area contributed by atoms with E-state index in [0.717, 1.165) is 25.6 Å². The summed E-state index contributed by atoms with van der Waals surface area (Å²) in [6.45, 7) is 6.89. The maximum absolute atomic E-state index is 4.36. The lowest BCUT2D eigenvalue weighted by Crippen LogP contribution is -2.42. The van der Waals surface area contributed by atoms with Crippen LogP contribution in [-0.4, -0.2) is 29.1 Å². The van der Waals surface area contributed by atoms with Crippen LogP contribution >= 0.6 is 35.3 Å². The van der Waals surface area contributed by atoms with E-state index in [1.165, 1.54) is 16.0 Å². The Hall–Kier alpha value is -1.87. The number of rotatable bonds is 7. The van der Waals surface area contributed by atoms with Gasteiger partial charge in [0.1, 0.15) is 0 Å². The second-order valence-electron chi connectivity index (χ2n) is 7.20. The van der Waals surface area contributed by atoms with E-state index >= 15 is 0 Å². The maximum Gasteiger partial charge on any atom is 0.191 e. The fourth-order valence-electron chi connectivity index (χ4n) is 2.89. The van der Waals surface area contributed by atoms with E-state index in [2.05, 4.69) is 80.8 Å². The Labute approximate surface area is 188 Å². The summed E-state index contributed by atoms with van der Waals surface area (Å²) in [6.07, 6.45) is 5.62.